The second-order valence-corrected chi connectivity index (χ2v) is 8.05. The molecule has 138 valence electrons. The van der Waals surface area contributed by atoms with Crippen LogP contribution in [0.4, 0.5) is 0 Å². The summed E-state index contributed by atoms with van der Waals surface area (Å²) in [6.07, 6.45) is 8.04. The van der Waals surface area contributed by atoms with Gasteiger partial charge in [-0.25, -0.2) is 0 Å². The monoisotopic (exact) mass is 336 g/mol. The Kier molecular flexibility index (Phi) is 10.6. The molecule has 0 bridgehead atoms. The van der Waals surface area contributed by atoms with E-state index in [4.69, 9.17) is 4.74 Å². The van der Waals surface area contributed by atoms with Gasteiger partial charge in [0.15, 0.2) is 0 Å². The second kappa shape index (κ2) is 11.2. The van der Waals surface area contributed by atoms with Crippen LogP contribution in [0.25, 0.3) is 0 Å². The molecule has 0 aliphatic rings. The summed E-state index contributed by atoms with van der Waals surface area (Å²) >= 11 is 0. The molecule has 0 aliphatic carbocycles. The molecule has 0 saturated carbocycles. The number of carbonyl (C=O) groups is 2. The minimum Gasteiger partial charge on any atom is -0.465 e. The number of ether oxygens (including phenoxy) is 1. The van der Waals surface area contributed by atoms with Gasteiger partial charge in [-0.3, -0.25) is 9.59 Å². The second-order valence-electron chi connectivity index (χ2n) is 8.05. The van der Waals surface area contributed by atoms with Crippen LogP contribution >= 0.6 is 0 Å². The standard InChI is InChI=1S/C21H36O3/c1-16(2)19(15-22)12-11-17(3)9-8-10-18(4)13-14-24-20(23)21(5,6)7/h9,15,18H,8,10-14H2,1-7H3/b17-9+/t18-/m0/s1. The van der Waals surface area contributed by atoms with Gasteiger partial charge in [-0.15, -0.1) is 0 Å². The predicted octanol–water partition coefficient (Wildman–Crippen LogP) is 5.64. The Labute approximate surface area is 148 Å². The van der Waals surface area contributed by atoms with Gasteiger partial charge in [0.25, 0.3) is 0 Å². The lowest BCUT2D eigenvalue weighted by molar-refractivity contribution is -0.153. The van der Waals surface area contributed by atoms with E-state index >= 15 is 0 Å². The molecule has 0 unspecified atom stereocenters. The number of carbonyl (C=O) groups excluding carboxylic acids is 2. The minimum atomic E-state index is -0.422. The van der Waals surface area contributed by atoms with Crippen molar-refractivity contribution in [2.45, 2.75) is 80.6 Å². The highest BCUT2D eigenvalue weighted by Crippen LogP contribution is 2.18. The van der Waals surface area contributed by atoms with Crippen molar-refractivity contribution in [3.63, 3.8) is 0 Å². The van der Waals surface area contributed by atoms with Crippen LogP contribution in [0.3, 0.4) is 0 Å². The van der Waals surface area contributed by atoms with Gasteiger partial charge in [0, 0.05) is 0 Å². The highest BCUT2D eigenvalue weighted by molar-refractivity contribution is 5.75. The molecule has 1 atom stereocenters. The molecule has 0 amide bonds. The predicted molar refractivity (Wildman–Crippen MR) is 101 cm³/mol. The van der Waals surface area contributed by atoms with E-state index in [2.05, 4.69) is 19.9 Å². The van der Waals surface area contributed by atoms with Gasteiger partial charge in [-0.05, 0) is 85.1 Å². The minimum absolute atomic E-state index is 0.129. The molecule has 24 heavy (non-hydrogen) atoms. The normalized spacial score (nSPS) is 13.4. The first-order valence-corrected chi connectivity index (χ1v) is 9.02. The zero-order chi connectivity index (χ0) is 18.8. The summed E-state index contributed by atoms with van der Waals surface area (Å²) < 4.78 is 5.31. The highest BCUT2D eigenvalue weighted by Gasteiger charge is 2.22. The Morgan fingerprint density at radius 3 is 2.21 bits per heavy atom. The third-order valence-electron chi connectivity index (χ3n) is 4.18. The number of aldehydes is 1. The van der Waals surface area contributed by atoms with E-state index in [1.54, 1.807) is 0 Å². The summed E-state index contributed by atoms with van der Waals surface area (Å²) in [4.78, 5) is 22.6. The molecule has 0 fully saturated rings. The maximum absolute atomic E-state index is 11.7. The van der Waals surface area contributed by atoms with Crippen LogP contribution in [0.1, 0.15) is 80.6 Å². The molecule has 0 rings (SSSR count). The Morgan fingerprint density at radius 2 is 1.71 bits per heavy atom. The maximum Gasteiger partial charge on any atom is 0.311 e. The van der Waals surface area contributed by atoms with Crippen LogP contribution in [0.5, 0.6) is 0 Å². The lowest BCUT2D eigenvalue weighted by Gasteiger charge is -2.17. The molecule has 0 aromatic rings. The van der Waals surface area contributed by atoms with Crippen molar-refractivity contribution in [2.75, 3.05) is 6.61 Å². The topological polar surface area (TPSA) is 43.4 Å². The Bertz CT molecular complexity index is 460. The van der Waals surface area contributed by atoms with Crippen LogP contribution < -0.4 is 0 Å². The summed E-state index contributed by atoms with van der Waals surface area (Å²) in [5, 5.41) is 0. The van der Waals surface area contributed by atoms with Crippen LogP contribution in [0, 0.1) is 11.3 Å². The van der Waals surface area contributed by atoms with E-state index in [1.807, 2.05) is 34.6 Å². The van der Waals surface area contributed by atoms with Crippen LogP contribution in [-0.2, 0) is 14.3 Å². The van der Waals surface area contributed by atoms with E-state index < -0.39 is 5.41 Å². The lowest BCUT2D eigenvalue weighted by atomic mass is 9.97. The number of hydrogen-bond donors (Lipinski definition) is 0. The van der Waals surface area contributed by atoms with E-state index in [0.29, 0.717) is 12.5 Å². The van der Waals surface area contributed by atoms with Crippen molar-refractivity contribution in [3.8, 4) is 0 Å². The molecule has 0 spiro atoms. The van der Waals surface area contributed by atoms with E-state index in [1.165, 1.54) is 5.57 Å². The Morgan fingerprint density at radius 1 is 1.08 bits per heavy atom. The molecule has 0 aliphatic heterocycles. The first kappa shape index (κ1) is 22.6. The Balaban J connectivity index is 4.02. The summed E-state index contributed by atoms with van der Waals surface area (Å²) in [7, 11) is 0. The molecular weight excluding hydrogens is 300 g/mol. The molecule has 0 aromatic carbocycles. The van der Waals surface area contributed by atoms with Gasteiger partial charge >= 0.3 is 5.97 Å². The largest absolute Gasteiger partial charge is 0.465 e. The van der Waals surface area contributed by atoms with Crippen molar-refractivity contribution in [2.24, 2.45) is 11.3 Å². The quantitative estimate of drug-likeness (QED) is 0.224. The van der Waals surface area contributed by atoms with Gasteiger partial charge < -0.3 is 4.74 Å². The van der Waals surface area contributed by atoms with Crippen LogP contribution in [0.15, 0.2) is 22.8 Å². The van der Waals surface area contributed by atoms with Crippen molar-refractivity contribution in [1.29, 1.82) is 0 Å². The average Bonchev–Trinajstić information content (AvgIpc) is 2.46. The summed E-state index contributed by atoms with van der Waals surface area (Å²) in [5.74, 6) is 0.404. The van der Waals surface area contributed by atoms with Crippen LogP contribution in [-0.4, -0.2) is 18.9 Å². The fourth-order valence-electron chi connectivity index (χ4n) is 2.19. The average molecular weight is 337 g/mol. The smallest absolute Gasteiger partial charge is 0.311 e. The maximum atomic E-state index is 11.7. The lowest BCUT2D eigenvalue weighted by Crippen LogP contribution is -2.23. The fourth-order valence-corrected chi connectivity index (χ4v) is 2.19. The third kappa shape index (κ3) is 10.4. The number of hydrogen-bond acceptors (Lipinski definition) is 3. The molecule has 0 aromatic heterocycles. The summed E-state index contributed by atoms with van der Waals surface area (Å²) in [5.41, 5.74) is 2.93. The molecule has 3 nitrogen and oxygen atoms in total. The van der Waals surface area contributed by atoms with Gasteiger partial charge in [0.05, 0.1) is 12.0 Å². The van der Waals surface area contributed by atoms with Gasteiger partial charge in [0.2, 0.25) is 0 Å². The van der Waals surface area contributed by atoms with Gasteiger partial charge in [-0.2, -0.15) is 0 Å². The van der Waals surface area contributed by atoms with E-state index in [9.17, 15) is 9.59 Å². The third-order valence-corrected chi connectivity index (χ3v) is 4.18. The zero-order valence-electron chi connectivity index (χ0n) is 16.7. The van der Waals surface area contributed by atoms with Gasteiger partial charge in [-0.1, -0.05) is 24.1 Å². The van der Waals surface area contributed by atoms with Crippen molar-refractivity contribution in [3.05, 3.63) is 22.8 Å². The van der Waals surface area contributed by atoms with Gasteiger partial charge in [0.1, 0.15) is 6.29 Å². The first-order chi connectivity index (χ1) is 11.1. The number of esters is 1. The fraction of sp³-hybridized carbons (Fsp3) is 0.714. The molecule has 0 heterocycles. The number of rotatable bonds is 10. The molecular formula is C21H36O3. The van der Waals surface area contributed by atoms with E-state index in [0.717, 1.165) is 49.5 Å². The molecule has 3 heteroatoms. The zero-order valence-corrected chi connectivity index (χ0v) is 16.7. The SMILES string of the molecule is CC(C)=C(C=O)CC/C(C)=C/CC[C@H](C)CCOC(=O)C(C)(C)C. The summed E-state index contributed by atoms with van der Waals surface area (Å²) in [6, 6.07) is 0. The molecule has 0 saturated heterocycles. The van der Waals surface area contributed by atoms with Crippen molar-refractivity contribution in [1.82, 2.24) is 0 Å². The van der Waals surface area contributed by atoms with E-state index in [-0.39, 0.29) is 5.97 Å². The van der Waals surface area contributed by atoms with Crippen LogP contribution in [0.2, 0.25) is 0 Å². The Hall–Kier alpha value is -1.38. The van der Waals surface area contributed by atoms with Crippen molar-refractivity contribution < 1.29 is 14.3 Å². The number of allylic oxidation sites excluding steroid dienone is 4. The molecule has 0 radical (unpaired) electrons. The molecule has 0 N–H and O–H groups in total. The highest BCUT2D eigenvalue weighted by atomic mass is 16.5. The first-order valence-electron chi connectivity index (χ1n) is 9.02. The van der Waals surface area contributed by atoms with Crippen molar-refractivity contribution >= 4 is 12.3 Å². The summed E-state index contributed by atoms with van der Waals surface area (Å²) in [6.45, 7) is 14.4.